The van der Waals surface area contributed by atoms with Crippen LogP contribution in [0.4, 0.5) is 36.8 Å². The number of pyridine rings is 1. The van der Waals surface area contributed by atoms with Crippen LogP contribution < -0.4 is 15.5 Å². The molecule has 2 atom stereocenters. The number of nitrogens with one attached hydrogen (secondary N) is 2. The molecule has 1 aromatic heterocycles. The fraction of sp³-hybridized carbons (Fsp3) is 0.524. The predicted molar refractivity (Wildman–Crippen MR) is 112 cm³/mol. The third kappa shape index (κ3) is 6.18. The summed E-state index contributed by atoms with van der Waals surface area (Å²) in [6, 6.07) is 3.39. The predicted octanol–water partition coefficient (Wildman–Crippen LogP) is 3.87. The Hall–Kier alpha value is -2.76. The number of halogens is 6. The van der Waals surface area contributed by atoms with Crippen LogP contribution in [-0.4, -0.2) is 68.4 Å². The summed E-state index contributed by atoms with van der Waals surface area (Å²) in [6.45, 7) is 0.454. The summed E-state index contributed by atoms with van der Waals surface area (Å²) in [7, 11) is 3.63. The molecule has 2 N–H and O–H groups in total. The molecule has 2 amide bonds. The Bertz CT molecular complexity index is 978. The number of alkyl halides is 6. The van der Waals surface area contributed by atoms with E-state index >= 15 is 0 Å². The molecule has 0 unspecified atom stereocenters. The van der Waals surface area contributed by atoms with Crippen LogP contribution in [0.2, 0.25) is 0 Å². The zero-order valence-corrected chi connectivity index (χ0v) is 18.1. The number of nitrogens with zero attached hydrogens (tertiary/aromatic N) is 3. The van der Waals surface area contributed by atoms with Gasteiger partial charge in [0.25, 0.3) is 0 Å². The smallest absolute Gasteiger partial charge is 0.368 e. The van der Waals surface area contributed by atoms with Crippen molar-refractivity contribution in [3.05, 3.63) is 36.0 Å². The monoisotopic (exact) mass is 477 g/mol. The molecular weight excluding hydrogens is 452 g/mol. The quantitative estimate of drug-likeness (QED) is 0.642. The number of carbonyl (C=O) groups is 1. The van der Waals surface area contributed by atoms with Crippen molar-refractivity contribution in [2.75, 3.05) is 45.2 Å². The van der Waals surface area contributed by atoms with E-state index in [2.05, 4.69) is 15.6 Å². The third-order valence-corrected chi connectivity index (χ3v) is 5.49. The molecule has 2 heterocycles. The summed E-state index contributed by atoms with van der Waals surface area (Å²) in [4.78, 5) is 19.2. The minimum atomic E-state index is -4.66. The molecule has 0 radical (unpaired) electrons. The van der Waals surface area contributed by atoms with Gasteiger partial charge in [-0.15, -0.1) is 0 Å². The largest absolute Gasteiger partial charge is 0.418 e. The number of carbonyl (C=O) groups excluding carboxylic acids is 1. The number of hydrogen-bond acceptors (Lipinski definition) is 4. The second-order valence-corrected chi connectivity index (χ2v) is 8.31. The van der Waals surface area contributed by atoms with Gasteiger partial charge < -0.3 is 20.4 Å². The number of aromatic nitrogens is 1. The van der Waals surface area contributed by atoms with Gasteiger partial charge in [0.05, 0.1) is 17.0 Å². The summed E-state index contributed by atoms with van der Waals surface area (Å²) in [5.41, 5.74) is -1.08. The zero-order chi connectivity index (χ0) is 24.4. The van der Waals surface area contributed by atoms with Gasteiger partial charge in [-0.3, -0.25) is 4.98 Å². The van der Waals surface area contributed by atoms with Crippen LogP contribution in [0, 0.1) is 5.92 Å². The van der Waals surface area contributed by atoms with E-state index in [1.807, 2.05) is 19.0 Å². The van der Waals surface area contributed by atoms with E-state index in [1.54, 1.807) is 0 Å². The third-order valence-electron chi connectivity index (χ3n) is 5.49. The van der Waals surface area contributed by atoms with Crippen molar-refractivity contribution in [3.8, 4) is 0 Å². The molecule has 0 spiro atoms. The first-order valence-corrected chi connectivity index (χ1v) is 10.3. The first-order chi connectivity index (χ1) is 15.4. The fourth-order valence-electron chi connectivity index (χ4n) is 3.93. The Morgan fingerprint density at radius 2 is 1.88 bits per heavy atom. The lowest BCUT2D eigenvalue weighted by Crippen LogP contribution is -2.55. The lowest BCUT2D eigenvalue weighted by atomic mass is 9.92. The van der Waals surface area contributed by atoms with Crippen molar-refractivity contribution in [3.63, 3.8) is 0 Å². The first kappa shape index (κ1) is 24.9. The lowest BCUT2D eigenvalue weighted by Gasteiger charge is -2.40. The van der Waals surface area contributed by atoms with Gasteiger partial charge in [0.1, 0.15) is 0 Å². The second kappa shape index (κ2) is 9.62. The number of likely N-dealkylation sites (N-methyl/N-ethyl adjacent to an activating group) is 1. The maximum absolute atomic E-state index is 13.6. The van der Waals surface area contributed by atoms with E-state index in [-0.39, 0.29) is 29.6 Å². The molecule has 33 heavy (non-hydrogen) atoms. The summed E-state index contributed by atoms with van der Waals surface area (Å²) in [5, 5.41) is 5.27. The highest BCUT2D eigenvalue weighted by atomic mass is 19.4. The minimum absolute atomic E-state index is 0.0169. The van der Waals surface area contributed by atoms with Crippen molar-refractivity contribution < 1.29 is 31.1 Å². The minimum Gasteiger partial charge on any atom is -0.368 e. The summed E-state index contributed by atoms with van der Waals surface area (Å²) >= 11 is 0. The van der Waals surface area contributed by atoms with Crippen molar-refractivity contribution >= 4 is 22.6 Å². The molecule has 0 bridgehead atoms. The van der Waals surface area contributed by atoms with Gasteiger partial charge in [-0.05, 0) is 44.8 Å². The van der Waals surface area contributed by atoms with Crippen LogP contribution in [0.5, 0.6) is 0 Å². The van der Waals surface area contributed by atoms with Crippen molar-refractivity contribution in [1.29, 1.82) is 0 Å². The van der Waals surface area contributed by atoms with E-state index in [1.165, 1.54) is 29.3 Å². The van der Waals surface area contributed by atoms with E-state index in [0.29, 0.717) is 13.1 Å². The highest BCUT2D eigenvalue weighted by Gasteiger charge is 2.45. The SMILES string of the molecule is CN(C)CCNC(=O)N[C@@H]1C[C@H](C(F)(F)F)CN(c2ccc(C(F)(F)F)c3ncccc23)C1. The lowest BCUT2D eigenvalue weighted by molar-refractivity contribution is -0.177. The van der Waals surface area contributed by atoms with Gasteiger partial charge >= 0.3 is 18.4 Å². The van der Waals surface area contributed by atoms with Gasteiger partial charge in [0.2, 0.25) is 0 Å². The van der Waals surface area contributed by atoms with Crippen molar-refractivity contribution in [2.45, 2.75) is 24.8 Å². The number of benzene rings is 1. The Balaban J connectivity index is 1.89. The Kier molecular flexibility index (Phi) is 7.25. The fourth-order valence-corrected chi connectivity index (χ4v) is 3.93. The first-order valence-electron chi connectivity index (χ1n) is 10.3. The van der Waals surface area contributed by atoms with Gasteiger partial charge in [-0.2, -0.15) is 26.3 Å². The molecule has 2 aromatic rings. The summed E-state index contributed by atoms with van der Waals surface area (Å²) in [5.74, 6) is -1.76. The number of anilines is 1. The average molecular weight is 477 g/mol. The van der Waals surface area contributed by atoms with Crippen LogP contribution in [0.15, 0.2) is 30.5 Å². The molecule has 1 aliphatic heterocycles. The van der Waals surface area contributed by atoms with E-state index in [0.717, 1.165) is 6.07 Å². The summed E-state index contributed by atoms with van der Waals surface area (Å²) in [6.07, 6.45) is -8.30. The van der Waals surface area contributed by atoms with E-state index in [9.17, 15) is 31.1 Å². The van der Waals surface area contributed by atoms with E-state index in [4.69, 9.17) is 0 Å². The van der Waals surface area contributed by atoms with Gasteiger partial charge in [-0.1, -0.05) is 0 Å². The number of hydrogen-bond donors (Lipinski definition) is 2. The van der Waals surface area contributed by atoms with Crippen LogP contribution in [0.25, 0.3) is 10.9 Å². The Morgan fingerprint density at radius 1 is 1.15 bits per heavy atom. The number of urea groups is 1. The number of piperidine rings is 1. The van der Waals surface area contributed by atoms with Gasteiger partial charge in [-0.25, -0.2) is 4.79 Å². The second-order valence-electron chi connectivity index (χ2n) is 8.31. The maximum Gasteiger partial charge on any atom is 0.418 e. The molecule has 0 saturated carbocycles. The van der Waals surface area contributed by atoms with Crippen molar-refractivity contribution in [1.82, 2.24) is 20.5 Å². The van der Waals surface area contributed by atoms with Crippen LogP contribution in [-0.2, 0) is 6.18 Å². The van der Waals surface area contributed by atoms with Crippen molar-refractivity contribution in [2.24, 2.45) is 5.92 Å². The van der Waals surface area contributed by atoms with Crippen LogP contribution in [0.3, 0.4) is 0 Å². The normalized spacial score (nSPS) is 19.7. The molecule has 0 aliphatic carbocycles. The maximum atomic E-state index is 13.6. The van der Waals surface area contributed by atoms with Gasteiger partial charge in [0.15, 0.2) is 0 Å². The summed E-state index contributed by atoms with van der Waals surface area (Å²) < 4.78 is 81.2. The highest BCUT2D eigenvalue weighted by Crippen LogP contribution is 2.40. The standard InChI is InChI=1S/C21H25F6N5O/c1-31(2)9-8-29-19(33)30-14-10-13(20(22,23)24)11-32(12-14)17-6-5-16(21(25,26)27)18-15(17)4-3-7-28-18/h3-7,13-14H,8-12H2,1-2H3,(H2,29,30,33)/t13-,14+/m0/s1. The zero-order valence-electron chi connectivity index (χ0n) is 18.1. The molecule has 6 nitrogen and oxygen atoms in total. The molecule has 1 aliphatic rings. The molecule has 3 rings (SSSR count). The molecule has 1 fully saturated rings. The molecule has 1 aromatic carbocycles. The molecule has 1 saturated heterocycles. The van der Waals surface area contributed by atoms with Crippen LogP contribution in [0.1, 0.15) is 12.0 Å². The van der Waals surface area contributed by atoms with E-state index < -0.39 is 42.5 Å². The number of amides is 2. The molecule has 182 valence electrons. The molecular formula is C21H25F6N5O. The molecule has 12 heteroatoms. The topological polar surface area (TPSA) is 60.5 Å². The van der Waals surface area contributed by atoms with Gasteiger partial charge in [0, 0.05) is 49.5 Å². The highest BCUT2D eigenvalue weighted by molar-refractivity contribution is 5.94. The van der Waals surface area contributed by atoms with Crippen LogP contribution >= 0.6 is 0 Å². The Labute approximate surface area is 186 Å². The number of rotatable bonds is 5. The Morgan fingerprint density at radius 3 is 2.52 bits per heavy atom. The number of fused-ring (bicyclic) bond motifs is 1. The average Bonchev–Trinajstić information content (AvgIpc) is 2.71.